The van der Waals surface area contributed by atoms with Gasteiger partial charge in [0.15, 0.2) is 0 Å². The van der Waals surface area contributed by atoms with Gasteiger partial charge in [-0.15, -0.1) is 12.4 Å². The molecule has 2 heterocycles. The number of likely N-dealkylation sites (tertiary alicyclic amines) is 1. The minimum Gasteiger partial charge on any atom is -0.337 e. The Hall–Kier alpha value is -1.70. The van der Waals surface area contributed by atoms with E-state index in [9.17, 15) is 14.9 Å². The number of nitrogens with one attached hydrogen (secondary N) is 1. The monoisotopic (exact) mass is 354 g/mol. The Morgan fingerprint density at radius 3 is 2.67 bits per heavy atom. The van der Waals surface area contributed by atoms with Crippen LogP contribution in [0.2, 0.25) is 0 Å². The summed E-state index contributed by atoms with van der Waals surface area (Å²) < 4.78 is 0. The van der Waals surface area contributed by atoms with Crippen LogP contribution in [0.4, 0.5) is 5.69 Å². The van der Waals surface area contributed by atoms with Crippen LogP contribution in [0.1, 0.15) is 22.3 Å². The molecule has 24 heavy (non-hydrogen) atoms. The number of benzene rings is 1. The number of hydrogen-bond acceptors (Lipinski definition) is 5. The third-order valence-corrected chi connectivity index (χ3v) is 4.85. The lowest BCUT2D eigenvalue weighted by molar-refractivity contribution is -0.385. The van der Waals surface area contributed by atoms with Gasteiger partial charge in [-0.25, -0.2) is 0 Å². The molecular weight excluding hydrogens is 332 g/mol. The van der Waals surface area contributed by atoms with Crippen LogP contribution in [0.15, 0.2) is 18.2 Å². The zero-order valence-corrected chi connectivity index (χ0v) is 14.6. The minimum absolute atomic E-state index is 0. The fourth-order valence-electron chi connectivity index (χ4n) is 3.49. The Kier molecular flexibility index (Phi) is 6.15. The SMILES string of the molecule is Cc1c(C(=O)N2CCC(N3CCNCC3)C2)cccc1[N+](=O)[O-].Cl. The van der Waals surface area contributed by atoms with Crippen molar-refractivity contribution in [3.63, 3.8) is 0 Å². The largest absolute Gasteiger partial charge is 0.337 e. The van der Waals surface area contributed by atoms with Crippen molar-refractivity contribution in [3.8, 4) is 0 Å². The lowest BCUT2D eigenvalue weighted by Gasteiger charge is -2.32. The van der Waals surface area contributed by atoms with Crippen LogP contribution >= 0.6 is 12.4 Å². The van der Waals surface area contributed by atoms with E-state index in [0.717, 1.165) is 39.1 Å². The maximum Gasteiger partial charge on any atom is 0.273 e. The van der Waals surface area contributed by atoms with Crippen molar-refractivity contribution in [2.45, 2.75) is 19.4 Å². The first-order valence-electron chi connectivity index (χ1n) is 8.06. The number of carbonyl (C=O) groups excluding carboxylic acids is 1. The Labute approximate surface area is 147 Å². The molecule has 2 fully saturated rings. The van der Waals surface area contributed by atoms with E-state index in [1.807, 2.05) is 4.90 Å². The Bertz CT molecular complexity index is 619. The van der Waals surface area contributed by atoms with E-state index >= 15 is 0 Å². The predicted molar refractivity (Wildman–Crippen MR) is 93.8 cm³/mol. The Morgan fingerprint density at radius 2 is 2.00 bits per heavy atom. The van der Waals surface area contributed by atoms with E-state index < -0.39 is 4.92 Å². The van der Waals surface area contributed by atoms with E-state index in [4.69, 9.17) is 0 Å². The van der Waals surface area contributed by atoms with Gasteiger partial charge in [-0.1, -0.05) is 6.07 Å². The minimum atomic E-state index is -0.431. The van der Waals surface area contributed by atoms with Crippen LogP contribution in [-0.2, 0) is 0 Å². The number of halogens is 1. The second-order valence-electron chi connectivity index (χ2n) is 6.19. The number of nitro groups is 1. The highest BCUT2D eigenvalue weighted by Gasteiger charge is 2.32. The molecule has 1 atom stereocenters. The molecule has 2 aliphatic heterocycles. The van der Waals surface area contributed by atoms with Crippen molar-refractivity contribution in [2.75, 3.05) is 39.3 Å². The first-order chi connectivity index (χ1) is 11.1. The quantitative estimate of drug-likeness (QED) is 0.656. The van der Waals surface area contributed by atoms with E-state index in [0.29, 0.717) is 23.7 Å². The molecule has 1 N–H and O–H groups in total. The highest BCUT2D eigenvalue weighted by atomic mass is 35.5. The van der Waals surface area contributed by atoms with E-state index in [1.165, 1.54) is 6.07 Å². The standard InChI is InChI=1S/C16H22N4O3.ClH/c1-12-14(3-2-4-15(12)20(22)23)16(21)19-8-5-13(11-19)18-9-6-17-7-10-18;/h2-4,13,17H,5-11H2,1H3;1H. The summed E-state index contributed by atoms with van der Waals surface area (Å²) in [7, 11) is 0. The van der Waals surface area contributed by atoms with Crippen molar-refractivity contribution >= 4 is 24.0 Å². The number of nitro benzene ring substituents is 1. The highest BCUT2D eigenvalue weighted by molar-refractivity contribution is 5.96. The van der Waals surface area contributed by atoms with Crippen molar-refractivity contribution < 1.29 is 9.72 Å². The van der Waals surface area contributed by atoms with Gasteiger partial charge in [0.2, 0.25) is 0 Å². The number of rotatable bonds is 3. The van der Waals surface area contributed by atoms with Gasteiger partial charge in [-0.2, -0.15) is 0 Å². The van der Waals surface area contributed by atoms with Gasteiger partial charge < -0.3 is 10.2 Å². The Balaban J connectivity index is 0.00000208. The van der Waals surface area contributed by atoms with Crippen molar-refractivity contribution in [3.05, 3.63) is 39.4 Å². The molecule has 0 radical (unpaired) electrons. The average molecular weight is 355 g/mol. The molecule has 132 valence electrons. The summed E-state index contributed by atoms with van der Waals surface area (Å²) in [6.07, 6.45) is 0.972. The summed E-state index contributed by atoms with van der Waals surface area (Å²) in [6, 6.07) is 5.12. The summed E-state index contributed by atoms with van der Waals surface area (Å²) >= 11 is 0. The van der Waals surface area contributed by atoms with Gasteiger partial charge in [-0.05, 0) is 19.4 Å². The summed E-state index contributed by atoms with van der Waals surface area (Å²) in [5.41, 5.74) is 0.905. The van der Waals surface area contributed by atoms with Crippen LogP contribution in [0.25, 0.3) is 0 Å². The summed E-state index contributed by atoms with van der Waals surface area (Å²) in [6.45, 7) is 7.10. The molecule has 0 aromatic heterocycles. The second-order valence-corrected chi connectivity index (χ2v) is 6.19. The molecule has 0 saturated carbocycles. The average Bonchev–Trinajstić information content (AvgIpc) is 3.05. The number of nitrogens with zero attached hydrogens (tertiary/aromatic N) is 3. The lowest BCUT2D eigenvalue weighted by atomic mass is 10.1. The van der Waals surface area contributed by atoms with Crippen LogP contribution < -0.4 is 5.32 Å². The number of amides is 1. The Morgan fingerprint density at radius 1 is 1.29 bits per heavy atom. The van der Waals surface area contributed by atoms with Gasteiger partial charge >= 0.3 is 0 Å². The molecule has 7 nitrogen and oxygen atoms in total. The van der Waals surface area contributed by atoms with E-state index in [-0.39, 0.29) is 24.0 Å². The summed E-state index contributed by atoms with van der Waals surface area (Å²) in [5, 5.41) is 14.4. The van der Waals surface area contributed by atoms with Crippen molar-refractivity contribution in [1.29, 1.82) is 0 Å². The molecule has 2 aliphatic rings. The molecule has 8 heteroatoms. The lowest BCUT2D eigenvalue weighted by Crippen LogP contribution is -2.49. The van der Waals surface area contributed by atoms with Crippen molar-refractivity contribution in [2.24, 2.45) is 0 Å². The molecule has 1 amide bonds. The van der Waals surface area contributed by atoms with E-state index in [2.05, 4.69) is 10.2 Å². The zero-order chi connectivity index (χ0) is 16.4. The molecule has 1 aromatic rings. The normalized spacial score (nSPS) is 21.4. The fourth-order valence-corrected chi connectivity index (χ4v) is 3.49. The molecule has 3 rings (SSSR count). The molecule has 0 bridgehead atoms. The third kappa shape index (κ3) is 3.68. The number of piperazine rings is 1. The van der Waals surface area contributed by atoms with Gasteiger partial charge in [-0.3, -0.25) is 19.8 Å². The first kappa shape index (κ1) is 18.6. The predicted octanol–water partition coefficient (Wildman–Crippen LogP) is 1.44. The first-order valence-corrected chi connectivity index (χ1v) is 8.06. The van der Waals surface area contributed by atoms with Crippen LogP contribution in [0.5, 0.6) is 0 Å². The molecule has 0 aliphatic carbocycles. The van der Waals surface area contributed by atoms with Crippen molar-refractivity contribution in [1.82, 2.24) is 15.1 Å². The number of carbonyl (C=O) groups is 1. The zero-order valence-electron chi connectivity index (χ0n) is 13.7. The molecular formula is C16H23ClN4O3. The maximum absolute atomic E-state index is 12.7. The van der Waals surface area contributed by atoms with Crippen LogP contribution in [0.3, 0.4) is 0 Å². The molecule has 2 saturated heterocycles. The van der Waals surface area contributed by atoms with Crippen LogP contribution in [0, 0.1) is 17.0 Å². The van der Waals surface area contributed by atoms with Gasteiger partial charge in [0.25, 0.3) is 11.6 Å². The summed E-state index contributed by atoms with van der Waals surface area (Å²) in [4.78, 5) is 27.6. The molecule has 0 spiro atoms. The second kappa shape index (κ2) is 7.92. The fraction of sp³-hybridized carbons (Fsp3) is 0.562. The smallest absolute Gasteiger partial charge is 0.273 e. The van der Waals surface area contributed by atoms with Crippen LogP contribution in [-0.4, -0.2) is 65.9 Å². The third-order valence-electron chi connectivity index (χ3n) is 4.85. The van der Waals surface area contributed by atoms with Gasteiger partial charge in [0.1, 0.15) is 0 Å². The molecule has 1 unspecified atom stereocenters. The van der Waals surface area contributed by atoms with Gasteiger partial charge in [0.05, 0.1) is 4.92 Å². The molecule has 1 aromatic carbocycles. The highest BCUT2D eigenvalue weighted by Crippen LogP contribution is 2.24. The van der Waals surface area contributed by atoms with E-state index in [1.54, 1.807) is 19.1 Å². The van der Waals surface area contributed by atoms with Gasteiger partial charge in [0, 0.05) is 62.5 Å². The topological polar surface area (TPSA) is 78.7 Å². The maximum atomic E-state index is 12.7. The summed E-state index contributed by atoms with van der Waals surface area (Å²) in [5.74, 6) is -0.0937. The number of hydrogen-bond donors (Lipinski definition) is 1.